The molecule has 0 heterocycles. The van der Waals surface area contributed by atoms with E-state index in [4.69, 9.17) is 0 Å². The Balaban J connectivity index is 4.87. The number of carbonyl (C=O) groups excluding carboxylic acids is 4. The third-order valence-electron chi connectivity index (χ3n) is 11.1. The van der Waals surface area contributed by atoms with Gasteiger partial charge in [-0.25, -0.2) is 9.59 Å². The fourth-order valence-electron chi connectivity index (χ4n) is 7.30. The fraction of sp³-hybridized carbons (Fsp3) is 0.826. The predicted octanol–water partition coefficient (Wildman–Crippen LogP) is 7.69. The molecule has 0 aromatic heterocycles. The number of aliphatic carboxylic acids is 4. The summed E-state index contributed by atoms with van der Waals surface area (Å²) in [5.41, 5.74) is 0. The van der Waals surface area contributed by atoms with Crippen LogP contribution in [0.3, 0.4) is 0 Å². The molecule has 0 radical (unpaired) electrons. The quantitative estimate of drug-likeness (QED) is 0.0323. The number of carboxylic acids is 4. The highest BCUT2D eigenvalue weighted by molar-refractivity contribution is 5.86. The maximum Gasteiger partial charge on any atom is 0.326 e. The molecule has 0 aromatic rings. The number of hydrogen-bond acceptors (Lipinski definition) is 8. The summed E-state index contributed by atoms with van der Waals surface area (Å²) in [6.07, 6.45) is 25.6. The van der Waals surface area contributed by atoms with Crippen molar-refractivity contribution in [1.82, 2.24) is 20.4 Å². The first-order chi connectivity index (χ1) is 29.7. The molecule has 0 aromatic carbocycles. The summed E-state index contributed by atoms with van der Waals surface area (Å²) in [7, 11) is 0. The molecule has 6 N–H and O–H groups in total. The van der Waals surface area contributed by atoms with E-state index in [9.17, 15) is 58.8 Å². The van der Waals surface area contributed by atoms with E-state index in [0.717, 1.165) is 61.2 Å². The Morgan fingerprint density at radius 3 is 0.887 bits per heavy atom. The molecule has 0 saturated carbocycles. The lowest BCUT2D eigenvalue weighted by Crippen LogP contribution is -2.46. The zero-order chi connectivity index (χ0) is 46.4. The highest BCUT2D eigenvalue weighted by Gasteiger charge is 2.27. The number of rotatable bonds is 43. The van der Waals surface area contributed by atoms with Gasteiger partial charge in [0.25, 0.3) is 0 Å². The van der Waals surface area contributed by atoms with Crippen molar-refractivity contribution in [2.45, 2.75) is 219 Å². The third kappa shape index (κ3) is 33.4. The maximum atomic E-state index is 13.1. The van der Waals surface area contributed by atoms with Gasteiger partial charge in [0, 0.05) is 38.8 Å². The van der Waals surface area contributed by atoms with Crippen LogP contribution in [0.2, 0.25) is 0 Å². The van der Waals surface area contributed by atoms with Crippen LogP contribution in [0.25, 0.3) is 0 Å². The van der Waals surface area contributed by atoms with Crippen LogP contribution in [0, 0.1) is 0 Å². The minimum absolute atomic E-state index is 0.132. The number of hydrogen-bond donors (Lipinski definition) is 6. The van der Waals surface area contributed by atoms with Gasteiger partial charge in [0.1, 0.15) is 25.2 Å². The van der Waals surface area contributed by atoms with Crippen LogP contribution >= 0.6 is 0 Å². The molecule has 358 valence electrons. The third-order valence-corrected chi connectivity index (χ3v) is 11.1. The molecule has 0 rings (SSSR count). The van der Waals surface area contributed by atoms with E-state index in [1.807, 2.05) is 0 Å². The van der Waals surface area contributed by atoms with Gasteiger partial charge in [0.05, 0.1) is 0 Å². The summed E-state index contributed by atoms with van der Waals surface area (Å²) in [4.78, 5) is 100. The van der Waals surface area contributed by atoms with Crippen molar-refractivity contribution in [2.24, 2.45) is 0 Å². The van der Waals surface area contributed by atoms with Crippen LogP contribution in [-0.4, -0.2) is 116 Å². The highest BCUT2D eigenvalue weighted by atomic mass is 16.4. The molecule has 16 heteroatoms. The van der Waals surface area contributed by atoms with Crippen LogP contribution in [0.5, 0.6) is 0 Å². The lowest BCUT2D eigenvalue weighted by atomic mass is 10.0. The van der Waals surface area contributed by atoms with Gasteiger partial charge in [-0.1, -0.05) is 155 Å². The smallest absolute Gasteiger partial charge is 0.326 e. The number of carboxylic acid groups (broad SMARTS) is 4. The van der Waals surface area contributed by atoms with E-state index in [1.165, 1.54) is 89.9 Å². The van der Waals surface area contributed by atoms with E-state index in [-0.39, 0.29) is 25.7 Å². The number of unbranched alkanes of at least 4 members (excludes halogenated alkanes) is 22. The number of nitrogens with zero attached hydrogens (tertiary/aromatic N) is 2. The summed E-state index contributed by atoms with van der Waals surface area (Å²) < 4.78 is 0. The van der Waals surface area contributed by atoms with E-state index < -0.39 is 98.6 Å². The molecule has 0 saturated heterocycles. The van der Waals surface area contributed by atoms with Crippen LogP contribution in [0.1, 0.15) is 206 Å². The van der Waals surface area contributed by atoms with Gasteiger partial charge < -0.3 is 40.9 Å². The van der Waals surface area contributed by atoms with Gasteiger partial charge in [0.2, 0.25) is 23.6 Å². The van der Waals surface area contributed by atoms with Crippen LogP contribution in [-0.2, 0) is 38.4 Å². The lowest BCUT2D eigenvalue weighted by molar-refractivity contribution is -0.147. The number of carbonyl (C=O) groups is 8. The minimum atomic E-state index is -1.40. The Morgan fingerprint density at radius 1 is 0.387 bits per heavy atom. The molecule has 0 aliphatic heterocycles. The molecule has 0 bridgehead atoms. The van der Waals surface area contributed by atoms with Crippen molar-refractivity contribution >= 4 is 47.5 Å². The van der Waals surface area contributed by atoms with E-state index in [0.29, 0.717) is 12.8 Å². The first-order valence-corrected chi connectivity index (χ1v) is 23.7. The summed E-state index contributed by atoms with van der Waals surface area (Å²) in [6.45, 7) is 1.95. The van der Waals surface area contributed by atoms with Crippen molar-refractivity contribution in [2.75, 3.05) is 26.2 Å². The average molecular weight is 883 g/mol. The van der Waals surface area contributed by atoms with Crippen molar-refractivity contribution in [3.63, 3.8) is 0 Å². The van der Waals surface area contributed by atoms with Crippen molar-refractivity contribution < 1.29 is 58.8 Å². The maximum absolute atomic E-state index is 13.1. The Labute approximate surface area is 370 Å². The fourth-order valence-corrected chi connectivity index (χ4v) is 7.30. The van der Waals surface area contributed by atoms with Gasteiger partial charge in [-0.2, -0.15) is 0 Å². The second kappa shape index (κ2) is 38.4. The summed E-state index contributed by atoms with van der Waals surface area (Å²) in [5, 5.41) is 43.2. The van der Waals surface area contributed by atoms with Gasteiger partial charge in [-0.05, 0) is 25.7 Å². The van der Waals surface area contributed by atoms with Crippen molar-refractivity contribution in [3.8, 4) is 0 Å². The van der Waals surface area contributed by atoms with Crippen molar-refractivity contribution in [3.05, 3.63) is 0 Å². The molecule has 2 unspecified atom stereocenters. The Hall–Kier alpha value is -4.24. The highest BCUT2D eigenvalue weighted by Crippen LogP contribution is 2.15. The van der Waals surface area contributed by atoms with Gasteiger partial charge in [-0.15, -0.1) is 0 Å². The average Bonchev–Trinajstić information content (AvgIpc) is 3.21. The van der Waals surface area contributed by atoms with Crippen LogP contribution < -0.4 is 10.6 Å². The monoisotopic (exact) mass is 883 g/mol. The SMILES string of the molecule is CCCCCCCCCCCCCCC(=O)NC(CCC(=O)N(CCN(CC(=O)O)C(=O)CCC(NC(=O)CCCCCCCCCCCCCC)C(=O)O)CC(=O)O)C(=O)O. The zero-order valence-electron chi connectivity index (χ0n) is 38.1. The zero-order valence-corrected chi connectivity index (χ0v) is 38.1. The normalized spacial score (nSPS) is 12.0. The number of nitrogens with one attached hydrogen (secondary N) is 2. The number of amides is 4. The van der Waals surface area contributed by atoms with Crippen LogP contribution in [0.15, 0.2) is 0 Å². The Kier molecular flexibility index (Phi) is 35.8. The predicted molar refractivity (Wildman–Crippen MR) is 237 cm³/mol. The van der Waals surface area contributed by atoms with Crippen LogP contribution in [0.4, 0.5) is 0 Å². The van der Waals surface area contributed by atoms with E-state index >= 15 is 0 Å². The molecule has 16 nitrogen and oxygen atoms in total. The van der Waals surface area contributed by atoms with E-state index in [2.05, 4.69) is 24.5 Å². The Bertz CT molecular complexity index is 1200. The first kappa shape index (κ1) is 57.8. The summed E-state index contributed by atoms with van der Waals surface area (Å²) >= 11 is 0. The molecule has 2 atom stereocenters. The van der Waals surface area contributed by atoms with Gasteiger partial charge in [0.15, 0.2) is 0 Å². The Morgan fingerprint density at radius 2 is 0.645 bits per heavy atom. The molecule has 0 aliphatic carbocycles. The van der Waals surface area contributed by atoms with Gasteiger partial charge in [-0.3, -0.25) is 28.8 Å². The van der Waals surface area contributed by atoms with Crippen molar-refractivity contribution in [1.29, 1.82) is 0 Å². The minimum Gasteiger partial charge on any atom is -0.480 e. The van der Waals surface area contributed by atoms with E-state index in [1.54, 1.807) is 0 Å². The molecular formula is C46H82N4O12. The molecule has 62 heavy (non-hydrogen) atoms. The molecule has 0 fully saturated rings. The molecular weight excluding hydrogens is 801 g/mol. The second-order valence-electron chi connectivity index (χ2n) is 16.7. The topological polar surface area (TPSA) is 248 Å². The standard InChI is InChI=1S/C46H82N4O12/c1-3-5-7-9-11-13-15-17-19-21-23-25-27-39(51)47-37(45(59)60)29-31-41(53)49(35-43(55)56)33-34-50(36-44(57)58)42(54)32-30-38(46(61)62)48-40(52)28-26-24-22-20-18-16-14-12-10-8-6-4-2/h37-38H,3-36H2,1-2H3,(H,47,51)(H,48,52)(H,55,56)(H,57,58)(H,59,60)(H,61,62). The molecule has 4 amide bonds. The molecule has 0 aliphatic rings. The molecule has 0 spiro atoms. The van der Waals surface area contributed by atoms with Gasteiger partial charge >= 0.3 is 23.9 Å². The summed E-state index contributed by atoms with van der Waals surface area (Å²) in [6, 6.07) is -2.79. The second-order valence-corrected chi connectivity index (χ2v) is 16.7. The lowest BCUT2D eigenvalue weighted by Gasteiger charge is -2.27. The summed E-state index contributed by atoms with van der Waals surface area (Å²) in [5.74, 6) is -8.00. The largest absolute Gasteiger partial charge is 0.480 e. The first-order valence-electron chi connectivity index (χ1n) is 23.7.